The predicted octanol–water partition coefficient (Wildman–Crippen LogP) is 4.92. The highest BCUT2D eigenvalue weighted by atomic mass is 35.5. The summed E-state index contributed by atoms with van der Waals surface area (Å²) in [6, 6.07) is 15.7. The van der Waals surface area contributed by atoms with Crippen molar-refractivity contribution in [3.05, 3.63) is 77.3 Å². The molecule has 2 saturated heterocycles. The maximum absolute atomic E-state index is 6.61. The number of anilines is 1. The molecule has 2 aliphatic heterocycles. The fourth-order valence-electron chi connectivity index (χ4n) is 4.79. The molecule has 0 spiro atoms. The van der Waals surface area contributed by atoms with Crippen LogP contribution in [-0.4, -0.2) is 47.7 Å². The van der Waals surface area contributed by atoms with Gasteiger partial charge in [0.25, 0.3) is 0 Å². The molecule has 7 nitrogen and oxygen atoms in total. The number of hydrogen-bond donors (Lipinski definition) is 1. The quantitative estimate of drug-likeness (QED) is 0.322. The van der Waals surface area contributed by atoms with Crippen molar-refractivity contribution in [1.82, 2.24) is 14.9 Å². The van der Waals surface area contributed by atoms with Gasteiger partial charge in [-0.25, -0.2) is 0 Å². The molecule has 2 aliphatic rings. The molecule has 0 aliphatic carbocycles. The SMILES string of the molecule is COCCOc1ccc(N2C(=S)N[C@H](c3ccccn3)[C@@H]2c2cccn2C[C@H]2CCCO2)cc1Cl. The molecule has 1 aromatic carbocycles. The van der Waals surface area contributed by atoms with E-state index in [4.69, 9.17) is 38.0 Å². The van der Waals surface area contributed by atoms with Crippen LogP contribution in [0.2, 0.25) is 5.02 Å². The number of pyridine rings is 1. The molecule has 0 radical (unpaired) electrons. The molecular weight excluding hydrogens is 484 g/mol. The lowest BCUT2D eigenvalue weighted by atomic mass is 10.0. The second-order valence-corrected chi connectivity index (χ2v) is 9.47. The van der Waals surface area contributed by atoms with Gasteiger partial charge in [0.2, 0.25) is 0 Å². The average Bonchev–Trinajstić information content (AvgIpc) is 3.62. The van der Waals surface area contributed by atoms with E-state index in [1.54, 1.807) is 7.11 Å². The molecule has 0 amide bonds. The van der Waals surface area contributed by atoms with Gasteiger partial charge in [-0.05, 0) is 67.5 Å². The number of thiocarbonyl (C=S) groups is 1. The van der Waals surface area contributed by atoms with Crippen LogP contribution in [0.4, 0.5) is 5.69 Å². The lowest BCUT2D eigenvalue weighted by molar-refractivity contribution is 0.0961. The molecule has 0 bridgehead atoms. The lowest BCUT2D eigenvalue weighted by Crippen LogP contribution is -2.31. The van der Waals surface area contributed by atoms with Crippen LogP contribution in [0.5, 0.6) is 5.75 Å². The molecule has 0 unspecified atom stereocenters. The smallest absolute Gasteiger partial charge is 0.174 e. The maximum atomic E-state index is 6.61. The summed E-state index contributed by atoms with van der Waals surface area (Å²) in [6.07, 6.45) is 6.34. The Morgan fingerprint density at radius 1 is 1.20 bits per heavy atom. The zero-order valence-corrected chi connectivity index (χ0v) is 21.2. The van der Waals surface area contributed by atoms with Crippen molar-refractivity contribution in [3.63, 3.8) is 0 Å². The minimum Gasteiger partial charge on any atom is -0.490 e. The van der Waals surface area contributed by atoms with Gasteiger partial charge in [-0.15, -0.1) is 0 Å². The number of methoxy groups -OCH3 is 1. The molecule has 0 saturated carbocycles. The highest BCUT2D eigenvalue weighted by Gasteiger charge is 2.42. The molecule has 4 heterocycles. The van der Waals surface area contributed by atoms with Crippen molar-refractivity contribution >= 4 is 34.6 Å². The second kappa shape index (κ2) is 11.0. The van der Waals surface area contributed by atoms with E-state index < -0.39 is 0 Å². The first-order valence-corrected chi connectivity index (χ1v) is 12.6. The van der Waals surface area contributed by atoms with Gasteiger partial charge in [-0.2, -0.15) is 0 Å². The van der Waals surface area contributed by atoms with Gasteiger partial charge in [0.05, 0.1) is 29.5 Å². The van der Waals surface area contributed by atoms with Gasteiger partial charge in [-0.3, -0.25) is 4.98 Å². The number of rotatable bonds is 9. The van der Waals surface area contributed by atoms with Crippen LogP contribution in [0.15, 0.2) is 60.9 Å². The van der Waals surface area contributed by atoms with Gasteiger partial charge in [0.1, 0.15) is 18.4 Å². The summed E-state index contributed by atoms with van der Waals surface area (Å²) in [5, 5.41) is 4.66. The van der Waals surface area contributed by atoms with Gasteiger partial charge in [0, 0.05) is 44.0 Å². The summed E-state index contributed by atoms with van der Waals surface area (Å²) in [5.74, 6) is 0.616. The first kappa shape index (κ1) is 24.1. The third-order valence-electron chi connectivity index (χ3n) is 6.43. The largest absolute Gasteiger partial charge is 0.490 e. The number of nitrogens with one attached hydrogen (secondary N) is 1. The van der Waals surface area contributed by atoms with Crippen LogP contribution in [0, 0.1) is 0 Å². The first-order chi connectivity index (χ1) is 17.2. The predicted molar refractivity (Wildman–Crippen MR) is 140 cm³/mol. The Bertz CT molecular complexity index is 1150. The van der Waals surface area contributed by atoms with E-state index in [1.807, 2.05) is 42.6 Å². The van der Waals surface area contributed by atoms with Gasteiger partial charge < -0.3 is 29.0 Å². The lowest BCUT2D eigenvalue weighted by Gasteiger charge is -2.29. The summed E-state index contributed by atoms with van der Waals surface area (Å²) in [6.45, 7) is 2.56. The summed E-state index contributed by atoms with van der Waals surface area (Å²) in [4.78, 5) is 6.78. The zero-order chi connectivity index (χ0) is 24.2. The standard InChI is InChI=1S/C26H29ClN4O3S/c1-32-14-15-34-23-10-9-18(16-20(23)27)31-25(24(29-26(31)35)21-7-2-3-11-28-21)22-8-4-12-30(22)17-19-6-5-13-33-19/h2-4,7-12,16,19,24-25H,5-6,13-15,17H2,1H3,(H,29,35)/t19-,24-,25+/m1/s1. The topological polar surface area (TPSA) is 60.8 Å². The van der Waals surface area contributed by atoms with E-state index in [-0.39, 0.29) is 18.2 Å². The van der Waals surface area contributed by atoms with Crippen LogP contribution in [0.25, 0.3) is 0 Å². The van der Waals surface area contributed by atoms with E-state index in [1.165, 1.54) is 0 Å². The Balaban J connectivity index is 1.51. The molecule has 9 heteroatoms. The van der Waals surface area contributed by atoms with E-state index in [0.29, 0.717) is 29.1 Å². The summed E-state index contributed by atoms with van der Waals surface area (Å²) >= 11 is 12.5. The van der Waals surface area contributed by atoms with Crippen LogP contribution in [-0.2, 0) is 16.0 Å². The number of hydrogen-bond acceptors (Lipinski definition) is 5. The minimum atomic E-state index is -0.127. The van der Waals surface area contributed by atoms with Crippen LogP contribution in [0.1, 0.15) is 36.3 Å². The third-order valence-corrected chi connectivity index (χ3v) is 7.04. The molecule has 3 atom stereocenters. The maximum Gasteiger partial charge on any atom is 0.174 e. The molecule has 2 fully saturated rings. The minimum absolute atomic E-state index is 0.120. The Kier molecular flexibility index (Phi) is 7.53. The van der Waals surface area contributed by atoms with Gasteiger partial charge in [-0.1, -0.05) is 17.7 Å². The number of aromatic nitrogens is 2. The van der Waals surface area contributed by atoms with E-state index in [0.717, 1.165) is 43.1 Å². The van der Waals surface area contributed by atoms with E-state index in [2.05, 4.69) is 38.1 Å². The van der Waals surface area contributed by atoms with Crippen molar-refractivity contribution in [2.24, 2.45) is 0 Å². The highest BCUT2D eigenvalue weighted by molar-refractivity contribution is 7.80. The molecule has 2 aromatic heterocycles. The van der Waals surface area contributed by atoms with E-state index in [9.17, 15) is 0 Å². The fraction of sp³-hybridized carbons (Fsp3) is 0.385. The fourth-order valence-corrected chi connectivity index (χ4v) is 5.37. The molecule has 184 valence electrons. The van der Waals surface area contributed by atoms with Crippen molar-refractivity contribution in [1.29, 1.82) is 0 Å². The molecule has 5 rings (SSSR count). The zero-order valence-electron chi connectivity index (χ0n) is 19.6. The van der Waals surface area contributed by atoms with E-state index >= 15 is 0 Å². The van der Waals surface area contributed by atoms with Crippen molar-refractivity contribution < 1.29 is 14.2 Å². The van der Waals surface area contributed by atoms with Crippen molar-refractivity contribution in [3.8, 4) is 5.75 Å². The average molecular weight is 513 g/mol. The first-order valence-electron chi connectivity index (χ1n) is 11.8. The summed E-state index contributed by atoms with van der Waals surface area (Å²) < 4.78 is 19.0. The molecule has 3 aromatic rings. The van der Waals surface area contributed by atoms with Gasteiger partial charge in [0.15, 0.2) is 5.11 Å². The monoisotopic (exact) mass is 512 g/mol. The summed E-state index contributed by atoms with van der Waals surface area (Å²) in [5.41, 5.74) is 2.96. The number of ether oxygens (including phenoxy) is 3. The number of nitrogens with zero attached hydrogens (tertiary/aromatic N) is 3. The molecular formula is C26H29ClN4O3S. The Morgan fingerprint density at radius 3 is 2.86 bits per heavy atom. The molecule has 1 N–H and O–H groups in total. The van der Waals surface area contributed by atoms with Crippen molar-refractivity contribution in [2.45, 2.75) is 37.6 Å². The van der Waals surface area contributed by atoms with Crippen molar-refractivity contribution in [2.75, 3.05) is 31.8 Å². The Labute approximate surface area is 215 Å². The third kappa shape index (κ3) is 5.16. The number of benzene rings is 1. The molecule has 35 heavy (non-hydrogen) atoms. The summed E-state index contributed by atoms with van der Waals surface area (Å²) in [7, 11) is 1.64. The van der Waals surface area contributed by atoms with Crippen LogP contribution < -0.4 is 15.0 Å². The van der Waals surface area contributed by atoms with Crippen LogP contribution in [0.3, 0.4) is 0 Å². The highest BCUT2D eigenvalue weighted by Crippen LogP contribution is 2.43. The number of halogens is 1. The Morgan fingerprint density at radius 2 is 2.11 bits per heavy atom. The normalized spacial score (nSPS) is 21.9. The van der Waals surface area contributed by atoms with Crippen LogP contribution >= 0.6 is 23.8 Å². The second-order valence-electron chi connectivity index (χ2n) is 8.67. The van der Waals surface area contributed by atoms with Gasteiger partial charge >= 0.3 is 0 Å². The Hall–Kier alpha value is -2.65.